The highest BCUT2D eigenvalue weighted by molar-refractivity contribution is 6.30. The molecular formula is C25H25ClF2N4O3. The summed E-state index contributed by atoms with van der Waals surface area (Å²) in [5, 5.41) is 7.54. The standard InChI is InChI=1S/C25H25ClF2N4O3/c1-14-6-7-21-19(8-14)25(15(2)33)30-32(21)13-23(35)31-12-17(27)9-18(31)10-22(34)29-11-16-4-3-5-20(26)24(16)28/h3-8,17-18H,9-13H2,1-2H3,(H,29,34)/t17-,18+/m1/s1. The fourth-order valence-electron chi connectivity index (χ4n) is 4.42. The molecule has 3 aromatic rings. The predicted octanol–water partition coefficient (Wildman–Crippen LogP) is 3.99. The van der Waals surface area contributed by atoms with E-state index in [1.807, 2.05) is 19.1 Å². The van der Waals surface area contributed by atoms with Gasteiger partial charge in [0.2, 0.25) is 11.8 Å². The van der Waals surface area contributed by atoms with E-state index in [0.717, 1.165) is 5.56 Å². The number of fused-ring (bicyclic) bond motifs is 1. The van der Waals surface area contributed by atoms with Crippen molar-refractivity contribution in [2.24, 2.45) is 0 Å². The van der Waals surface area contributed by atoms with Crippen LogP contribution in [-0.2, 0) is 22.7 Å². The maximum Gasteiger partial charge on any atom is 0.244 e. The summed E-state index contributed by atoms with van der Waals surface area (Å²) in [4.78, 5) is 39.0. The second-order valence-electron chi connectivity index (χ2n) is 8.81. The molecule has 7 nitrogen and oxygen atoms in total. The van der Waals surface area contributed by atoms with Crippen LogP contribution in [0, 0.1) is 12.7 Å². The first-order valence-electron chi connectivity index (χ1n) is 11.2. The number of Topliss-reactive ketones (excluding diaryl/α,β-unsaturated/α-hetero) is 1. The van der Waals surface area contributed by atoms with E-state index >= 15 is 0 Å². The predicted molar refractivity (Wildman–Crippen MR) is 127 cm³/mol. The summed E-state index contributed by atoms with van der Waals surface area (Å²) in [6.07, 6.45) is -1.35. The van der Waals surface area contributed by atoms with E-state index in [4.69, 9.17) is 11.6 Å². The summed E-state index contributed by atoms with van der Waals surface area (Å²) in [6, 6.07) is 9.35. The van der Waals surface area contributed by atoms with Crippen LogP contribution in [0.2, 0.25) is 5.02 Å². The Morgan fingerprint density at radius 3 is 2.74 bits per heavy atom. The first kappa shape index (κ1) is 24.8. The molecule has 0 saturated carbocycles. The van der Waals surface area contributed by atoms with Gasteiger partial charge in [0.25, 0.3) is 0 Å². The molecule has 0 radical (unpaired) electrons. The van der Waals surface area contributed by atoms with Crippen LogP contribution in [0.5, 0.6) is 0 Å². The lowest BCUT2D eigenvalue weighted by Crippen LogP contribution is -2.41. The molecule has 2 heterocycles. The monoisotopic (exact) mass is 502 g/mol. The van der Waals surface area contributed by atoms with E-state index in [2.05, 4.69) is 10.4 Å². The number of ketones is 1. The Bertz CT molecular complexity index is 1310. The van der Waals surface area contributed by atoms with Gasteiger partial charge < -0.3 is 10.2 Å². The van der Waals surface area contributed by atoms with E-state index in [0.29, 0.717) is 10.9 Å². The Hall–Kier alpha value is -3.33. The fraction of sp³-hybridized carbons (Fsp3) is 0.360. The molecule has 0 aliphatic carbocycles. The molecule has 0 spiro atoms. The van der Waals surface area contributed by atoms with Gasteiger partial charge in [-0.05, 0) is 25.1 Å². The van der Waals surface area contributed by atoms with Crippen molar-refractivity contribution in [1.82, 2.24) is 20.0 Å². The minimum Gasteiger partial charge on any atom is -0.352 e. The lowest BCUT2D eigenvalue weighted by atomic mass is 10.1. The molecule has 1 saturated heterocycles. The van der Waals surface area contributed by atoms with Gasteiger partial charge in [-0.1, -0.05) is 35.4 Å². The molecule has 35 heavy (non-hydrogen) atoms. The van der Waals surface area contributed by atoms with Crippen LogP contribution in [0.3, 0.4) is 0 Å². The number of nitrogens with zero attached hydrogens (tertiary/aromatic N) is 3. The van der Waals surface area contributed by atoms with Crippen molar-refractivity contribution in [2.75, 3.05) is 6.54 Å². The van der Waals surface area contributed by atoms with E-state index in [1.54, 1.807) is 12.1 Å². The second kappa shape index (κ2) is 10.1. The van der Waals surface area contributed by atoms with Gasteiger partial charge in [0, 0.05) is 43.3 Å². The second-order valence-corrected chi connectivity index (χ2v) is 9.22. The molecule has 1 fully saturated rings. The number of hydrogen-bond donors (Lipinski definition) is 1. The van der Waals surface area contributed by atoms with E-state index in [1.165, 1.54) is 28.6 Å². The normalized spacial score (nSPS) is 17.7. The number of carbonyl (C=O) groups excluding carboxylic acids is 3. The Balaban J connectivity index is 1.45. The van der Waals surface area contributed by atoms with Crippen LogP contribution in [-0.4, -0.2) is 51.0 Å². The average molecular weight is 503 g/mol. The van der Waals surface area contributed by atoms with Crippen molar-refractivity contribution < 1.29 is 23.2 Å². The molecule has 1 aliphatic rings. The van der Waals surface area contributed by atoms with E-state index in [9.17, 15) is 23.2 Å². The van der Waals surface area contributed by atoms with Crippen molar-refractivity contribution in [3.63, 3.8) is 0 Å². The zero-order valence-corrected chi connectivity index (χ0v) is 20.1. The maximum atomic E-state index is 14.3. The molecule has 1 aromatic heterocycles. The molecule has 10 heteroatoms. The third-order valence-electron chi connectivity index (χ3n) is 6.14. The van der Waals surface area contributed by atoms with E-state index in [-0.39, 0.29) is 54.5 Å². The first-order chi connectivity index (χ1) is 16.6. The number of aryl methyl sites for hydroxylation is 1. The summed E-state index contributed by atoms with van der Waals surface area (Å²) in [5.74, 6) is -1.66. The van der Waals surface area contributed by atoms with Crippen molar-refractivity contribution >= 4 is 40.1 Å². The zero-order chi connectivity index (χ0) is 25.3. The first-order valence-corrected chi connectivity index (χ1v) is 11.6. The van der Waals surface area contributed by atoms with Crippen LogP contribution in [0.15, 0.2) is 36.4 Å². The van der Waals surface area contributed by atoms with Crippen molar-refractivity contribution in [3.8, 4) is 0 Å². The SMILES string of the molecule is CC(=O)c1nn(CC(=O)N2C[C@H](F)C[C@H]2CC(=O)NCc2cccc(Cl)c2F)c2ccc(C)cc12. The minimum absolute atomic E-state index is 0.0302. The third-order valence-corrected chi connectivity index (χ3v) is 6.43. The number of rotatable bonds is 7. The van der Waals surface area contributed by atoms with Crippen molar-refractivity contribution in [3.05, 3.63) is 64.1 Å². The highest BCUT2D eigenvalue weighted by Crippen LogP contribution is 2.25. The molecule has 1 N–H and O–H groups in total. The molecule has 0 unspecified atom stereocenters. The molecule has 1 aliphatic heterocycles. The number of carbonyl (C=O) groups is 3. The number of halogens is 3. The number of nitrogens with one attached hydrogen (secondary N) is 1. The van der Waals surface area contributed by atoms with Crippen LogP contribution in [0.25, 0.3) is 10.9 Å². The number of amides is 2. The Labute approximate surface area is 206 Å². The molecule has 0 bridgehead atoms. The number of likely N-dealkylation sites (tertiary alicyclic amines) is 1. The molecule has 2 amide bonds. The van der Waals surface area contributed by atoms with Crippen LogP contribution in [0.1, 0.15) is 41.4 Å². The molecule has 2 atom stereocenters. The van der Waals surface area contributed by atoms with Crippen LogP contribution >= 0.6 is 11.6 Å². The van der Waals surface area contributed by atoms with Crippen molar-refractivity contribution in [1.29, 1.82) is 0 Å². The third kappa shape index (κ3) is 5.35. The largest absolute Gasteiger partial charge is 0.352 e. The maximum absolute atomic E-state index is 14.3. The molecule has 2 aromatic carbocycles. The average Bonchev–Trinajstić information content (AvgIpc) is 3.34. The minimum atomic E-state index is -1.26. The number of aromatic nitrogens is 2. The van der Waals surface area contributed by atoms with Gasteiger partial charge in [0.05, 0.1) is 17.1 Å². The molecule has 184 valence electrons. The lowest BCUT2D eigenvalue weighted by Gasteiger charge is -2.24. The van der Waals surface area contributed by atoms with E-state index < -0.39 is 29.8 Å². The summed E-state index contributed by atoms with van der Waals surface area (Å²) >= 11 is 5.77. The van der Waals surface area contributed by atoms with Gasteiger partial charge in [0.15, 0.2) is 5.78 Å². The van der Waals surface area contributed by atoms with Gasteiger partial charge in [-0.2, -0.15) is 5.10 Å². The highest BCUT2D eigenvalue weighted by atomic mass is 35.5. The lowest BCUT2D eigenvalue weighted by molar-refractivity contribution is -0.134. The van der Waals surface area contributed by atoms with Gasteiger partial charge in [-0.25, -0.2) is 8.78 Å². The van der Waals surface area contributed by atoms with Gasteiger partial charge in [-0.3, -0.25) is 19.1 Å². The van der Waals surface area contributed by atoms with Crippen molar-refractivity contribution in [2.45, 2.75) is 52.0 Å². The molecule has 4 rings (SSSR count). The summed E-state index contributed by atoms with van der Waals surface area (Å²) in [5.41, 5.74) is 2.08. The zero-order valence-electron chi connectivity index (χ0n) is 19.4. The van der Waals surface area contributed by atoms with Crippen LogP contribution in [0.4, 0.5) is 8.78 Å². The Kier molecular flexibility index (Phi) is 7.16. The number of benzene rings is 2. The smallest absolute Gasteiger partial charge is 0.244 e. The topological polar surface area (TPSA) is 84.3 Å². The quantitative estimate of drug-likeness (QED) is 0.495. The Morgan fingerprint density at radius 1 is 1.23 bits per heavy atom. The fourth-order valence-corrected chi connectivity index (χ4v) is 4.61. The number of alkyl halides is 1. The number of hydrogen-bond acceptors (Lipinski definition) is 4. The Morgan fingerprint density at radius 2 is 2.00 bits per heavy atom. The highest BCUT2D eigenvalue weighted by Gasteiger charge is 2.36. The van der Waals surface area contributed by atoms with Crippen LogP contribution < -0.4 is 5.32 Å². The summed E-state index contributed by atoms with van der Waals surface area (Å²) in [7, 11) is 0. The van der Waals surface area contributed by atoms with Gasteiger partial charge in [-0.15, -0.1) is 0 Å². The summed E-state index contributed by atoms with van der Waals surface area (Å²) < 4.78 is 29.8. The van der Waals surface area contributed by atoms with Gasteiger partial charge in [0.1, 0.15) is 24.2 Å². The molecular weight excluding hydrogens is 478 g/mol. The summed E-state index contributed by atoms with van der Waals surface area (Å²) in [6.45, 7) is 2.92. The van der Waals surface area contributed by atoms with Gasteiger partial charge >= 0.3 is 0 Å².